The fourth-order valence-corrected chi connectivity index (χ4v) is 2.04. The molecule has 2 N–H and O–H groups in total. The Balaban J connectivity index is 1.84. The highest BCUT2D eigenvalue weighted by Gasteiger charge is 2.12. The molecule has 1 aromatic heterocycles. The molecule has 15 heavy (non-hydrogen) atoms. The van der Waals surface area contributed by atoms with Crippen LogP contribution in [0.25, 0.3) is 0 Å². The molecule has 0 saturated carbocycles. The average molecular weight is 226 g/mol. The van der Waals surface area contributed by atoms with Crippen LogP contribution in [0.3, 0.4) is 0 Å². The summed E-state index contributed by atoms with van der Waals surface area (Å²) in [5, 5.41) is 7.39. The molecule has 0 amide bonds. The molecule has 0 bridgehead atoms. The first-order valence-electron chi connectivity index (χ1n) is 5.41. The van der Waals surface area contributed by atoms with Gasteiger partial charge in [0, 0.05) is 12.7 Å². The lowest BCUT2D eigenvalue weighted by Crippen LogP contribution is -2.33. The molecular formula is C11H16ClN3. The quantitative estimate of drug-likeness (QED) is 0.828. The van der Waals surface area contributed by atoms with Gasteiger partial charge in [-0.1, -0.05) is 11.6 Å². The van der Waals surface area contributed by atoms with Crippen LogP contribution in [0.2, 0.25) is 5.02 Å². The van der Waals surface area contributed by atoms with Crippen molar-refractivity contribution < 1.29 is 0 Å². The van der Waals surface area contributed by atoms with Gasteiger partial charge in [-0.05, 0) is 44.0 Å². The number of piperidine rings is 1. The molecule has 0 radical (unpaired) electrons. The molecular weight excluding hydrogens is 210 g/mol. The molecule has 0 aliphatic carbocycles. The molecule has 0 spiro atoms. The maximum Gasteiger partial charge on any atom is 0.144 e. The van der Waals surface area contributed by atoms with Gasteiger partial charge in [0.05, 0.1) is 5.02 Å². The Hall–Kier alpha value is -0.800. The smallest absolute Gasteiger partial charge is 0.144 e. The van der Waals surface area contributed by atoms with Gasteiger partial charge in [-0.25, -0.2) is 4.98 Å². The van der Waals surface area contributed by atoms with Crippen molar-refractivity contribution in [3.63, 3.8) is 0 Å². The number of pyridine rings is 1. The van der Waals surface area contributed by atoms with Crippen LogP contribution in [0.15, 0.2) is 18.3 Å². The Bertz CT molecular complexity index is 310. The van der Waals surface area contributed by atoms with Crippen LogP contribution in [0.1, 0.15) is 12.8 Å². The maximum absolute atomic E-state index is 6.00. The number of hydrogen-bond acceptors (Lipinski definition) is 3. The molecule has 1 unspecified atom stereocenters. The van der Waals surface area contributed by atoms with Gasteiger partial charge in [-0.3, -0.25) is 0 Å². The number of hydrogen-bond donors (Lipinski definition) is 2. The molecule has 1 aliphatic heterocycles. The van der Waals surface area contributed by atoms with E-state index in [-0.39, 0.29) is 0 Å². The zero-order chi connectivity index (χ0) is 10.5. The van der Waals surface area contributed by atoms with E-state index in [2.05, 4.69) is 15.6 Å². The Morgan fingerprint density at radius 1 is 1.60 bits per heavy atom. The van der Waals surface area contributed by atoms with Crippen molar-refractivity contribution in [2.75, 3.05) is 25.0 Å². The lowest BCUT2D eigenvalue weighted by Gasteiger charge is -2.23. The summed E-state index contributed by atoms with van der Waals surface area (Å²) in [6.07, 6.45) is 4.31. The predicted octanol–water partition coefficient (Wildman–Crippen LogP) is 2.15. The van der Waals surface area contributed by atoms with Gasteiger partial charge in [-0.2, -0.15) is 0 Å². The lowest BCUT2D eigenvalue weighted by atomic mass is 10.00. The second-order valence-corrected chi connectivity index (χ2v) is 4.33. The van der Waals surface area contributed by atoms with Gasteiger partial charge in [-0.15, -0.1) is 0 Å². The molecule has 1 aromatic rings. The Morgan fingerprint density at radius 3 is 3.27 bits per heavy atom. The first kappa shape index (κ1) is 10.7. The zero-order valence-corrected chi connectivity index (χ0v) is 9.43. The van der Waals surface area contributed by atoms with E-state index in [0.29, 0.717) is 10.9 Å². The SMILES string of the molecule is Clc1cccnc1NCC1CCCNC1. The van der Waals surface area contributed by atoms with E-state index in [1.807, 2.05) is 12.1 Å². The monoisotopic (exact) mass is 225 g/mol. The maximum atomic E-state index is 6.00. The van der Waals surface area contributed by atoms with Crippen molar-refractivity contribution in [1.82, 2.24) is 10.3 Å². The van der Waals surface area contributed by atoms with Crippen LogP contribution < -0.4 is 10.6 Å². The van der Waals surface area contributed by atoms with Crippen LogP contribution in [0, 0.1) is 5.92 Å². The minimum absolute atomic E-state index is 0.692. The predicted molar refractivity (Wildman–Crippen MR) is 63.3 cm³/mol. The molecule has 82 valence electrons. The van der Waals surface area contributed by atoms with E-state index < -0.39 is 0 Å². The van der Waals surface area contributed by atoms with Crippen molar-refractivity contribution in [3.8, 4) is 0 Å². The molecule has 1 atom stereocenters. The van der Waals surface area contributed by atoms with E-state index in [4.69, 9.17) is 11.6 Å². The summed E-state index contributed by atoms with van der Waals surface area (Å²) in [6, 6.07) is 3.70. The fourth-order valence-electron chi connectivity index (χ4n) is 1.85. The van der Waals surface area contributed by atoms with Crippen LogP contribution in [-0.2, 0) is 0 Å². The minimum atomic E-state index is 0.692. The number of nitrogens with one attached hydrogen (secondary N) is 2. The average Bonchev–Trinajstić information content (AvgIpc) is 2.29. The lowest BCUT2D eigenvalue weighted by molar-refractivity contribution is 0.392. The van der Waals surface area contributed by atoms with Gasteiger partial charge in [0.2, 0.25) is 0 Å². The summed E-state index contributed by atoms with van der Waals surface area (Å²) in [6.45, 7) is 3.20. The second-order valence-electron chi connectivity index (χ2n) is 3.93. The zero-order valence-electron chi connectivity index (χ0n) is 8.67. The summed E-state index contributed by atoms with van der Waals surface area (Å²) in [5.41, 5.74) is 0. The third-order valence-corrected chi connectivity index (χ3v) is 3.02. The molecule has 1 fully saturated rings. The standard InChI is InChI=1S/C11H16ClN3/c12-10-4-2-6-14-11(10)15-8-9-3-1-5-13-7-9/h2,4,6,9,13H,1,3,5,7-8H2,(H,14,15). The highest BCUT2D eigenvalue weighted by atomic mass is 35.5. The van der Waals surface area contributed by atoms with Gasteiger partial charge < -0.3 is 10.6 Å². The van der Waals surface area contributed by atoms with Gasteiger partial charge >= 0.3 is 0 Å². The molecule has 1 saturated heterocycles. The van der Waals surface area contributed by atoms with E-state index in [0.717, 1.165) is 25.5 Å². The highest BCUT2D eigenvalue weighted by molar-refractivity contribution is 6.32. The Morgan fingerprint density at radius 2 is 2.53 bits per heavy atom. The summed E-state index contributed by atoms with van der Waals surface area (Å²) in [4.78, 5) is 4.20. The number of nitrogens with zero attached hydrogens (tertiary/aromatic N) is 1. The Labute approximate surface area is 95.2 Å². The van der Waals surface area contributed by atoms with Crippen molar-refractivity contribution in [2.45, 2.75) is 12.8 Å². The van der Waals surface area contributed by atoms with Crippen LogP contribution in [0.4, 0.5) is 5.82 Å². The van der Waals surface area contributed by atoms with Gasteiger partial charge in [0.25, 0.3) is 0 Å². The fraction of sp³-hybridized carbons (Fsp3) is 0.545. The summed E-state index contributed by atoms with van der Waals surface area (Å²) in [7, 11) is 0. The van der Waals surface area contributed by atoms with E-state index >= 15 is 0 Å². The third kappa shape index (κ3) is 3.08. The largest absolute Gasteiger partial charge is 0.369 e. The number of aromatic nitrogens is 1. The summed E-state index contributed by atoms with van der Waals surface area (Å²) < 4.78 is 0. The van der Waals surface area contributed by atoms with Gasteiger partial charge in [0.15, 0.2) is 0 Å². The minimum Gasteiger partial charge on any atom is -0.369 e. The van der Waals surface area contributed by atoms with Crippen LogP contribution in [0.5, 0.6) is 0 Å². The number of rotatable bonds is 3. The topological polar surface area (TPSA) is 37.0 Å². The molecule has 0 aromatic carbocycles. The van der Waals surface area contributed by atoms with E-state index in [1.165, 1.54) is 12.8 Å². The van der Waals surface area contributed by atoms with Crippen molar-refractivity contribution in [1.29, 1.82) is 0 Å². The van der Waals surface area contributed by atoms with E-state index in [1.54, 1.807) is 6.20 Å². The van der Waals surface area contributed by atoms with Crippen molar-refractivity contribution >= 4 is 17.4 Å². The normalized spacial score (nSPS) is 21.3. The second kappa shape index (κ2) is 5.33. The molecule has 3 nitrogen and oxygen atoms in total. The van der Waals surface area contributed by atoms with E-state index in [9.17, 15) is 0 Å². The number of halogens is 1. The highest BCUT2D eigenvalue weighted by Crippen LogP contribution is 2.18. The van der Waals surface area contributed by atoms with Gasteiger partial charge in [0.1, 0.15) is 5.82 Å². The molecule has 2 rings (SSSR count). The summed E-state index contributed by atoms with van der Waals surface area (Å²) >= 11 is 6.00. The molecule has 1 aliphatic rings. The van der Waals surface area contributed by atoms with Crippen molar-refractivity contribution in [3.05, 3.63) is 23.4 Å². The first-order valence-corrected chi connectivity index (χ1v) is 5.79. The van der Waals surface area contributed by atoms with Crippen LogP contribution in [-0.4, -0.2) is 24.6 Å². The molecule has 2 heterocycles. The summed E-state index contributed by atoms with van der Waals surface area (Å²) in [5.74, 6) is 1.49. The van der Waals surface area contributed by atoms with Crippen LogP contribution >= 0.6 is 11.6 Å². The Kier molecular flexibility index (Phi) is 3.80. The number of anilines is 1. The first-order chi connectivity index (χ1) is 7.36. The van der Waals surface area contributed by atoms with Crippen molar-refractivity contribution in [2.24, 2.45) is 5.92 Å². The molecule has 4 heteroatoms. The third-order valence-electron chi connectivity index (χ3n) is 2.72.